The van der Waals surface area contributed by atoms with Gasteiger partial charge in [-0.05, 0) is 55.0 Å². The van der Waals surface area contributed by atoms with Crippen molar-refractivity contribution in [2.45, 2.75) is 18.4 Å². The van der Waals surface area contributed by atoms with Gasteiger partial charge in [-0.3, -0.25) is 9.52 Å². The zero-order chi connectivity index (χ0) is 21.7. The lowest BCUT2D eigenvalue weighted by Crippen LogP contribution is -2.23. The van der Waals surface area contributed by atoms with Gasteiger partial charge in [0, 0.05) is 12.2 Å². The Hall–Kier alpha value is -3.03. The van der Waals surface area contributed by atoms with E-state index in [9.17, 15) is 13.2 Å². The predicted octanol–water partition coefficient (Wildman–Crippen LogP) is 4.39. The highest BCUT2D eigenvalue weighted by Gasteiger charge is 2.17. The van der Waals surface area contributed by atoms with Crippen LogP contribution < -0.4 is 14.8 Å². The SMILES string of the molecule is COc1ccc(S(=O)(=O)Nc2ccc(Cl)c(C(=O)NCc3cccc(C)c3)c2)cc1. The first-order chi connectivity index (χ1) is 14.3. The van der Waals surface area contributed by atoms with Gasteiger partial charge in [0.2, 0.25) is 0 Å². The number of sulfonamides is 1. The maximum atomic E-state index is 12.6. The van der Waals surface area contributed by atoms with Crippen molar-refractivity contribution in [1.29, 1.82) is 0 Å². The summed E-state index contributed by atoms with van der Waals surface area (Å²) in [5.41, 5.74) is 2.46. The lowest BCUT2D eigenvalue weighted by molar-refractivity contribution is 0.0951. The second-order valence-corrected chi connectivity index (χ2v) is 8.74. The lowest BCUT2D eigenvalue weighted by atomic mass is 10.1. The van der Waals surface area contributed by atoms with Crippen molar-refractivity contribution in [2.75, 3.05) is 11.8 Å². The van der Waals surface area contributed by atoms with Crippen LogP contribution >= 0.6 is 11.6 Å². The highest BCUT2D eigenvalue weighted by molar-refractivity contribution is 7.92. The van der Waals surface area contributed by atoms with Crippen LogP contribution in [0.1, 0.15) is 21.5 Å². The van der Waals surface area contributed by atoms with Crippen LogP contribution in [0.5, 0.6) is 5.75 Å². The number of hydrogen-bond donors (Lipinski definition) is 2. The Morgan fingerprint density at radius 3 is 2.43 bits per heavy atom. The third-order valence-corrected chi connectivity index (χ3v) is 6.10. The average Bonchev–Trinajstić information content (AvgIpc) is 2.73. The molecule has 30 heavy (non-hydrogen) atoms. The van der Waals surface area contributed by atoms with Crippen molar-refractivity contribution in [3.8, 4) is 5.75 Å². The Bertz CT molecular complexity index is 1160. The van der Waals surface area contributed by atoms with Crippen molar-refractivity contribution in [1.82, 2.24) is 5.32 Å². The molecule has 3 aromatic rings. The van der Waals surface area contributed by atoms with Crippen molar-refractivity contribution in [3.05, 3.63) is 88.4 Å². The molecule has 0 aliphatic rings. The molecule has 8 heteroatoms. The number of carbonyl (C=O) groups is 1. The first-order valence-electron chi connectivity index (χ1n) is 9.08. The molecule has 0 saturated carbocycles. The van der Waals surface area contributed by atoms with Crippen LogP contribution in [-0.4, -0.2) is 21.4 Å². The Morgan fingerprint density at radius 1 is 1.03 bits per heavy atom. The van der Waals surface area contributed by atoms with Gasteiger partial charge in [0.05, 0.1) is 22.6 Å². The van der Waals surface area contributed by atoms with Gasteiger partial charge in [0.1, 0.15) is 5.75 Å². The second-order valence-electron chi connectivity index (χ2n) is 6.65. The van der Waals surface area contributed by atoms with E-state index in [1.165, 1.54) is 37.4 Å². The monoisotopic (exact) mass is 444 g/mol. The van der Waals surface area contributed by atoms with Crippen molar-refractivity contribution >= 4 is 33.2 Å². The molecule has 0 fully saturated rings. The van der Waals surface area contributed by atoms with E-state index in [4.69, 9.17) is 16.3 Å². The minimum absolute atomic E-state index is 0.0729. The zero-order valence-corrected chi connectivity index (χ0v) is 18.0. The number of amides is 1. The highest BCUT2D eigenvalue weighted by atomic mass is 35.5. The van der Waals surface area contributed by atoms with E-state index in [2.05, 4.69) is 10.0 Å². The van der Waals surface area contributed by atoms with Crippen molar-refractivity contribution < 1.29 is 17.9 Å². The summed E-state index contributed by atoms with van der Waals surface area (Å²) < 4.78 is 32.8. The molecule has 6 nitrogen and oxygen atoms in total. The van der Waals surface area contributed by atoms with E-state index in [0.29, 0.717) is 12.3 Å². The molecule has 0 radical (unpaired) electrons. The number of halogens is 1. The van der Waals surface area contributed by atoms with Gasteiger partial charge in [0.15, 0.2) is 0 Å². The van der Waals surface area contributed by atoms with Crippen LogP contribution in [0.3, 0.4) is 0 Å². The summed E-state index contributed by atoms with van der Waals surface area (Å²) in [4.78, 5) is 12.7. The average molecular weight is 445 g/mol. The third-order valence-electron chi connectivity index (χ3n) is 4.37. The molecule has 1 amide bonds. The standard InChI is InChI=1S/C22H21ClN2O4S/c1-15-4-3-5-16(12-15)14-24-22(26)20-13-17(6-11-21(20)23)25-30(27,28)19-9-7-18(29-2)8-10-19/h3-13,25H,14H2,1-2H3,(H,24,26). The van der Waals surface area contributed by atoms with E-state index in [0.717, 1.165) is 11.1 Å². The van der Waals surface area contributed by atoms with Crippen LogP contribution in [0.4, 0.5) is 5.69 Å². The van der Waals surface area contributed by atoms with Crippen molar-refractivity contribution in [2.24, 2.45) is 0 Å². The van der Waals surface area contributed by atoms with Crippen molar-refractivity contribution in [3.63, 3.8) is 0 Å². The van der Waals surface area contributed by atoms with Crippen LogP contribution in [0, 0.1) is 6.92 Å². The fourth-order valence-electron chi connectivity index (χ4n) is 2.83. The topological polar surface area (TPSA) is 84.5 Å². The van der Waals surface area contributed by atoms with E-state index < -0.39 is 15.9 Å². The van der Waals surface area contributed by atoms with Gasteiger partial charge in [0.25, 0.3) is 15.9 Å². The molecule has 0 heterocycles. The number of nitrogens with one attached hydrogen (secondary N) is 2. The number of methoxy groups -OCH3 is 1. The smallest absolute Gasteiger partial charge is 0.261 e. The van der Waals surface area contributed by atoms with Gasteiger partial charge in [-0.1, -0.05) is 41.4 Å². The zero-order valence-electron chi connectivity index (χ0n) is 16.5. The van der Waals surface area contributed by atoms with Crippen LogP contribution in [0.25, 0.3) is 0 Å². The lowest BCUT2D eigenvalue weighted by Gasteiger charge is -2.12. The minimum atomic E-state index is -3.83. The molecular weight excluding hydrogens is 424 g/mol. The maximum absolute atomic E-state index is 12.6. The maximum Gasteiger partial charge on any atom is 0.261 e. The Labute approximate surface area is 180 Å². The minimum Gasteiger partial charge on any atom is -0.497 e. The number of benzene rings is 3. The summed E-state index contributed by atoms with van der Waals surface area (Å²) in [5.74, 6) is 0.153. The fraction of sp³-hybridized carbons (Fsp3) is 0.136. The normalized spacial score (nSPS) is 11.0. The molecule has 0 aromatic heterocycles. The molecule has 0 atom stereocenters. The Morgan fingerprint density at radius 2 is 1.77 bits per heavy atom. The molecule has 0 bridgehead atoms. The summed E-state index contributed by atoms with van der Waals surface area (Å²) in [6, 6.07) is 18.2. The van der Waals surface area contributed by atoms with Gasteiger partial charge >= 0.3 is 0 Å². The number of hydrogen-bond acceptors (Lipinski definition) is 4. The van der Waals surface area contributed by atoms with E-state index in [1.807, 2.05) is 31.2 Å². The van der Waals surface area contributed by atoms with E-state index in [1.54, 1.807) is 12.1 Å². The first kappa shape index (κ1) is 21.7. The van der Waals surface area contributed by atoms with Gasteiger partial charge in [-0.2, -0.15) is 0 Å². The fourth-order valence-corrected chi connectivity index (χ4v) is 4.08. The molecule has 156 valence electrons. The van der Waals surface area contributed by atoms with E-state index >= 15 is 0 Å². The molecule has 0 unspecified atom stereocenters. The molecule has 0 aliphatic carbocycles. The molecule has 0 spiro atoms. The number of carbonyl (C=O) groups excluding carboxylic acids is 1. The summed E-state index contributed by atoms with van der Waals surface area (Å²) in [6.45, 7) is 2.30. The molecular formula is C22H21ClN2O4S. The molecule has 2 N–H and O–H groups in total. The summed E-state index contributed by atoms with van der Waals surface area (Å²) in [6.07, 6.45) is 0. The summed E-state index contributed by atoms with van der Waals surface area (Å²) >= 11 is 6.17. The van der Waals surface area contributed by atoms with Gasteiger partial charge < -0.3 is 10.1 Å². The summed E-state index contributed by atoms with van der Waals surface area (Å²) in [7, 11) is -2.33. The molecule has 0 aliphatic heterocycles. The molecule has 0 saturated heterocycles. The largest absolute Gasteiger partial charge is 0.497 e. The van der Waals surface area contributed by atoms with Crippen LogP contribution in [0.15, 0.2) is 71.6 Å². The van der Waals surface area contributed by atoms with Crippen LogP contribution in [-0.2, 0) is 16.6 Å². The molecule has 3 aromatic carbocycles. The number of ether oxygens (including phenoxy) is 1. The first-order valence-corrected chi connectivity index (χ1v) is 10.9. The predicted molar refractivity (Wildman–Crippen MR) is 118 cm³/mol. The second kappa shape index (κ2) is 9.19. The highest BCUT2D eigenvalue weighted by Crippen LogP contribution is 2.24. The quantitative estimate of drug-likeness (QED) is 0.566. The number of anilines is 1. The number of aryl methyl sites for hydroxylation is 1. The van der Waals surface area contributed by atoms with Gasteiger partial charge in [-0.25, -0.2) is 8.42 Å². The van der Waals surface area contributed by atoms with E-state index in [-0.39, 0.29) is 21.2 Å². The third kappa shape index (κ3) is 5.31. The Balaban J connectivity index is 1.76. The summed E-state index contributed by atoms with van der Waals surface area (Å²) in [5, 5.41) is 3.03. The number of rotatable bonds is 7. The van der Waals surface area contributed by atoms with Crippen LogP contribution in [0.2, 0.25) is 5.02 Å². The Kier molecular flexibility index (Phi) is 6.64. The van der Waals surface area contributed by atoms with Gasteiger partial charge in [-0.15, -0.1) is 0 Å². The molecule has 3 rings (SSSR count).